The molecule has 116 valence electrons. The smallest absolute Gasteiger partial charge is 0.157 e. The fourth-order valence-corrected chi connectivity index (χ4v) is 3.72. The number of imidazole rings is 1. The zero-order valence-electron chi connectivity index (χ0n) is 13.6. The van der Waals surface area contributed by atoms with Gasteiger partial charge in [-0.1, -0.05) is 12.1 Å². The second-order valence-corrected chi connectivity index (χ2v) is 6.47. The Morgan fingerprint density at radius 3 is 2.87 bits per heavy atom. The monoisotopic (exact) mass is 304 g/mol. The molecule has 4 heteroatoms. The summed E-state index contributed by atoms with van der Waals surface area (Å²) >= 11 is 0. The Balaban J connectivity index is 2.09. The first kappa shape index (κ1) is 14.1. The zero-order valence-corrected chi connectivity index (χ0v) is 13.6. The molecule has 0 bridgehead atoms. The molecule has 1 atom stereocenters. The second-order valence-electron chi connectivity index (χ2n) is 6.47. The van der Waals surface area contributed by atoms with Crippen LogP contribution in [0.15, 0.2) is 30.3 Å². The van der Waals surface area contributed by atoms with Gasteiger partial charge in [-0.05, 0) is 56.9 Å². The Bertz CT molecular complexity index is 932. The van der Waals surface area contributed by atoms with Crippen molar-refractivity contribution in [1.82, 2.24) is 9.38 Å². The molecule has 3 heterocycles. The van der Waals surface area contributed by atoms with Gasteiger partial charge >= 0.3 is 0 Å². The highest BCUT2D eigenvalue weighted by molar-refractivity contribution is 5.85. The molecule has 1 saturated heterocycles. The molecule has 1 aromatic carbocycles. The summed E-state index contributed by atoms with van der Waals surface area (Å²) in [7, 11) is 0. The predicted octanol–water partition coefficient (Wildman–Crippen LogP) is 4.05. The first-order chi connectivity index (χ1) is 11.2. The highest BCUT2D eigenvalue weighted by Gasteiger charge is 2.23. The number of hydrogen-bond donors (Lipinski definition) is 0. The molecule has 4 rings (SSSR count). The number of anilines is 1. The van der Waals surface area contributed by atoms with E-state index in [1.807, 2.05) is 25.1 Å². The summed E-state index contributed by atoms with van der Waals surface area (Å²) in [5.74, 6) is 1.16. The van der Waals surface area contributed by atoms with E-state index in [0.717, 1.165) is 34.6 Å². The summed E-state index contributed by atoms with van der Waals surface area (Å²) in [6, 6.07) is 13.1. The molecule has 23 heavy (non-hydrogen) atoms. The lowest BCUT2D eigenvalue weighted by molar-refractivity contribution is 0.480. The summed E-state index contributed by atoms with van der Waals surface area (Å²) in [5.41, 5.74) is 4.48. The molecule has 0 unspecified atom stereocenters. The standard InChI is InChI=1S/C19H20N4/c1-13-11-18(22-10-6-5-7-14(22)2)23-17-9-4-3-8-16(17)21-19(23)15(13)12-20/h3-4,8-9,11,14H,5-7,10H2,1-2H3/t14-/m1/s1. The van der Waals surface area contributed by atoms with Gasteiger partial charge in [0.15, 0.2) is 5.65 Å². The number of nitrogens with zero attached hydrogens (tertiary/aromatic N) is 4. The second kappa shape index (κ2) is 5.27. The van der Waals surface area contributed by atoms with Crippen molar-refractivity contribution >= 4 is 22.5 Å². The van der Waals surface area contributed by atoms with E-state index >= 15 is 0 Å². The van der Waals surface area contributed by atoms with Gasteiger partial charge in [0.05, 0.1) is 16.6 Å². The highest BCUT2D eigenvalue weighted by Crippen LogP contribution is 2.31. The largest absolute Gasteiger partial charge is 0.355 e. The van der Waals surface area contributed by atoms with Crippen LogP contribution >= 0.6 is 0 Å². The number of pyridine rings is 1. The van der Waals surface area contributed by atoms with Crippen molar-refractivity contribution in [3.05, 3.63) is 41.5 Å². The van der Waals surface area contributed by atoms with Gasteiger partial charge in [-0.15, -0.1) is 0 Å². The summed E-state index contributed by atoms with van der Waals surface area (Å²) in [5, 5.41) is 9.58. The normalized spacial score (nSPS) is 18.5. The van der Waals surface area contributed by atoms with E-state index in [9.17, 15) is 5.26 Å². The van der Waals surface area contributed by atoms with Crippen molar-refractivity contribution in [2.75, 3.05) is 11.4 Å². The van der Waals surface area contributed by atoms with Crippen LogP contribution in [0.25, 0.3) is 16.7 Å². The van der Waals surface area contributed by atoms with Crippen LogP contribution < -0.4 is 4.90 Å². The number of aryl methyl sites for hydroxylation is 1. The molecule has 0 aliphatic carbocycles. The Kier molecular flexibility index (Phi) is 3.23. The third-order valence-electron chi connectivity index (χ3n) is 4.96. The molecule has 2 aromatic heterocycles. The van der Waals surface area contributed by atoms with Gasteiger partial charge in [-0.25, -0.2) is 4.98 Å². The van der Waals surface area contributed by atoms with Crippen LogP contribution in [0.5, 0.6) is 0 Å². The van der Waals surface area contributed by atoms with E-state index in [-0.39, 0.29) is 0 Å². The molecule has 0 saturated carbocycles. The molecule has 1 fully saturated rings. The fraction of sp³-hybridized carbons (Fsp3) is 0.368. The third kappa shape index (κ3) is 2.08. The zero-order chi connectivity index (χ0) is 16.0. The third-order valence-corrected chi connectivity index (χ3v) is 4.96. The maximum Gasteiger partial charge on any atom is 0.157 e. The Hall–Kier alpha value is -2.54. The molecule has 0 N–H and O–H groups in total. The summed E-state index contributed by atoms with van der Waals surface area (Å²) < 4.78 is 2.17. The highest BCUT2D eigenvalue weighted by atomic mass is 15.3. The van der Waals surface area contributed by atoms with Gasteiger partial charge in [0.25, 0.3) is 0 Å². The van der Waals surface area contributed by atoms with Gasteiger partial charge in [0.1, 0.15) is 11.9 Å². The molecule has 1 aliphatic rings. The Morgan fingerprint density at radius 2 is 2.09 bits per heavy atom. The van der Waals surface area contributed by atoms with Crippen LogP contribution in [-0.2, 0) is 0 Å². The number of aromatic nitrogens is 2. The lowest BCUT2D eigenvalue weighted by atomic mass is 10.0. The van der Waals surface area contributed by atoms with Crippen LogP contribution in [0.2, 0.25) is 0 Å². The van der Waals surface area contributed by atoms with E-state index in [2.05, 4.69) is 34.4 Å². The van der Waals surface area contributed by atoms with Crippen LogP contribution in [0.4, 0.5) is 5.82 Å². The Labute approximate surface area is 136 Å². The fourth-order valence-electron chi connectivity index (χ4n) is 3.72. The SMILES string of the molecule is Cc1cc(N2CCCC[C@H]2C)n2c(nc3ccccc32)c1C#N. The number of fused-ring (bicyclic) bond motifs is 3. The molecular formula is C19H20N4. The van der Waals surface area contributed by atoms with E-state index in [4.69, 9.17) is 4.98 Å². The van der Waals surface area contributed by atoms with Gasteiger partial charge < -0.3 is 4.90 Å². The number of para-hydroxylation sites is 2. The van der Waals surface area contributed by atoms with E-state index in [1.54, 1.807) is 0 Å². The van der Waals surface area contributed by atoms with Crippen LogP contribution in [0.1, 0.15) is 37.3 Å². The quantitative estimate of drug-likeness (QED) is 0.681. The first-order valence-electron chi connectivity index (χ1n) is 8.28. The van der Waals surface area contributed by atoms with Crippen molar-refractivity contribution in [3.63, 3.8) is 0 Å². The lowest BCUT2D eigenvalue weighted by Crippen LogP contribution is -2.38. The topological polar surface area (TPSA) is 44.3 Å². The first-order valence-corrected chi connectivity index (χ1v) is 8.28. The van der Waals surface area contributed by atoms with Crippen molar-refractivity contribution < 1.29 is 0 Å². The molecule has 0 spiro atoms. The van der Waals surface area contributed by atoms with Gasteiger partial charge in [0, 0.05) is 12.6 Å². The van der Waals surface area contributed by atoms with Crippen molar-refractivity contribution in [3.8, 4) is 6.07 Å². The Morgan fingerprint density at radius 1 is 1.26 bits per heavy atom. The maximum atomic E-state index is 9.58. The molecule has 0 amide bonds. The van der Waals surface area contributed by atoms with Crippen LogP contribution in [-0.4, -0.2) is 22.0 Å². The van der Waals surface area contributed by atoms with Gasteiger partial charge in [0.2, 0.25) is 0 Å². The molecule has 0 radical (unpaired) electrons. The number of nitriles is 1. The molecule has 3 aromatic rings. The summed E-state index contributed by atoms with van der Waals surface area (Å²) in [6.45, 7) is 5.36. The molecule has 4 nitrogen and oxygen atoms in total. The summed E-state index contributed by atoms with van der Waals surface area (Å²) in [6.07, 6.45) is 3.73. The lowest BCUT2D eigenvalue weighted by Gasteiger charge is -2.36. The predicted molar refractivity (Wildman–Crippen MR) is 92.8 cm³/mol. The van der Waals surface area contributed by atoms with Crippen molar-refractivity contribution in [2.24, 2.45) is 0 Å². The minimum absolute atomic E-state index is 0.514. The van der Waals surface area contributed by atoms with Crippen molar-refractivity contribution in [1.29, 1.82) is 5.26 Å². The van der Waals surface area contributed by atoms with Gasteiger partial charge in [-0.3, -0.25) is 4.40 Å². The molecular weight excluding hydrogens is 284 g/mol. The number of benzene rings is 1. The van der Waals surface area contributed by atoms with E-state index in [1.165, 1.54) is 19.3 Å². The average molecular weight is 304 g/mol. The van der Waals surface area contributed by atoms with Crippen molar-refractivity contribution in [2.45, 2.75) is 39.2 Å². The van der Waals surface area contributed by atoms with Crippen LogP contribution in [0, 0.1) is 18.3 Å². The van der Waals surface area contributed by atoms with E-state index < -0.39 is 0 Å². The number of hydrogen-bond acceptors (Lipinski definition) is 3. The average Bonchev–Trinajstić information content (AvgIpc) is 2.94. The minimum Gasteiger partial charge on any atom is -0.355 e. The summed E-state index contributed by atoms with van der Waals surface area (Å²) in [4.78, 5) is 7.21. The molecule has 1 aliphatic heterocycles. The van der Waals surface area contributed by atoms with Crippen LogP contribution in [0.3, 0.4) is 0 Å². The number of piperidine rings is 1. The minimum atomic E-state index is 0.514. The van der Waals surface area contributed by atoms with Gasteiger partial charge in [-0.2, -0.15) is 5.26 Å². The number of rotatable bonds is 1. The van der Waals surface area contributed by atoms with E-state index in [0.29, 0.717) is 11.6 Å². The maximum absolute atomic E-state index is 9.58.